The second kappa shape index (κ2) is 6.71. The van der Waals surface area contributed by atoms with Gasteiger partial charge in [-0.05, 0) is 31.4 Å². The quantitative estimate of drug-likeness (QED) is 0.825. The van der Waals surface area contributed by atoms with Gasteiger partial charge in [-0.25, -0.2) is 0 Å². The van der Waals surface area contributed by atoms with Gasteiger partial charge in [-0.2, -0.15) is 0 Å². The normalized spacial score (nSPS) is 17.3. The summed E-state index contributed by atoms with van der Waals surface area (Å²) in [5, 5.41) is 3.10. The van der Waals surface area contributed by atoms with Gasteiger partial charge in [-0.1, -0.05) is 43.2 Å². The van der Waals surface area contributed by atoms with Crippen molar-refractivity contribution in [2.24, 2.45) is 5.73 Å². The minimum Gasteiger partial charge on any atom is -0.355 e. The molecule has 0 atom stereocenters. The summed E-state index contributed by atoms with van der Waals surface area (Å²) in [5.74, 6) is 0.132. The van der Waals surface area contributed by atoms with Crippen molar-refractivity contribution < 1.29 is 4.79 Å². The standard InChI is InChI=1S/C16H24N2O/c17-12-6-9-15(19)18-13-16(10-4-5-11-16)14-7-2-1-3-8-14/h1-3,7-8H,4-6,9-13,17H2,(H,18,19). The van der Waals surface area contributed by atoms with Crippen LogP contribution in [0.4, 0.5) is 0 Å². The molecule has 3 heteroatoms. The van der Waals surface area contributed by atoms with E-state index in [-0.39, 0.29) is 11.3 Å². The van der Waals surface area contributed by atoms with Crippen molar-refractivity contribution in [3.8, 4) is 0 Å². The van der Waals surface area contributed by atoms with Crippen molar-refractivity contribution in [3.63, 3.8) is 0 Å². The molecule has 3 nitrogen and oxygen atoms in total. The van der Waals surface area contributed by atoms with E-state index >= 15 is 0 Å². The number of hydrogen-bond acceptors (Lipinski definition) is 2. The Balaban J connectivity index is 1.99. The van der Waals surface area contributed by atoms with Gasteiger partial charge < -0.3 is 11.1 Å². The molecule has 2 rings (SSSR count). The van der Waals surface area contributed by atoms with Gasteiger partial charge in [0, 0.05) is 18.4 Å². The molecule has 1 aliphatic carbocycles. The first-order valence-corrected chi connectivity index (χ1v) is 7.29. The zero-order valence-electron chi connectivity index (χ0n) is 11.5. The molecule has 104 valence electrons. The molecule has 0 spiro atoms. The molecule has 0 heterocycles. The molecule has 0 aliphatic heterocycles. The van der Waals surface area contributed by atoms with Gasteiger partial charge in [0.15, 0.2) is 0 Å². The van der Waals surface area contributed by atoms with Crippen LogP contribution in [0.25, 0.3) is 0 Å². The number of amides is 1. The van der Waals surface area contributed by atoms with Crippen LogP contribution in [0.2, 0.25) is 0 Å². The Morgan fingerprint density at radius 1 is 1.21 bits per heavy atom. The Labute approximate surface area is 115 Å². The molecule has 0 unspecified atom stereocenters. The summed E-state index contributed by atoms with van der Waals surface area (Å²) < 4.78 is 0. The van der Waals surface area contributed by atoms with E-state index in [0.29, 0.717) is 13.0 Å². The average molecular weight is 260 g/mol. The summed E-state index contributed by atoms with van der Waals surface area (Å²) in [6, 6.07) is 10.6. The molecule has 19 heavy (non-hydrogen) atoms. The van der Waals surface area contributed by atoms with Crippen LogP contribution in [0, 0.1) is 0 Å². The summed E-state index contributed by atoms with van der Waals surface area (Å²) in [4.78, 5) is 11.8. The minimum atomic E-state index is 0.132. The molecule has 0 aromatic heterocycles. The van der Waals surface area contributed by atoms with E-state index in [4.69, 9.17) is 5.73 Å². The molecule has 1 aromatic rings. The third-order valence-corrected chi connectivity index (χ3v) is 4.18. The molecule has 1 amide bonds. The van der Waals surface area contributed by atoms with Crippen molar-refractivity contribution in [1.29, 1.82) is 0 Å². The van der Waals surface area contributed by atoms with E-state index in [1.54, 1.807) is 0 Å². The summed E-state index contributed by atoms with van der Waals surface area (Å²) in [5.41, 5.74) is 6.95. The number of carbonyl (C=O) groups excluding carboxylic acids is 1. The number of rotatable bonds is 6. The Bertz CT molecular complexity index is 396. The summed E-state index contributed by atoms with van der Waals surface area (Å²) in [6.07, 6.45) is 6.18. The lowest BCUT2D eigenvalue weighted by Crippen LogP contribution is -2.39. The second-order valence-electron chi connectivity index (χ2n) is 5.52. The summed E-state index contributed by atoms with van der Waals surface area (Å²) in [6.45, 7) is 1.34. The Hall–Kier alpha value is -1.35. The fraction of sp³-hybridized carbons (Fsp3) is 0.562. The topological polar surface area (TPSA) is 55.1 Å². The number of benzene rings is 1. The monoisotopic (exact) mass is 260 g/mol. The maximum absolute atomic E-state index is 11.8. The zero-order chi connectivity index (χ0) is 13.6. The largest absolute Gasteiger partial charge is 0.355 e. The van der Waals surface area contributed by atoms with E-state index in [1.165, 1.54) is 31.2 Å². The van der Waals surface area contributed by atoms with Crippen molar-refractivity contribution in [3.05, 3.63) is 35.9 Å². The maximum Gasteiger partial charge on any atom is 0.220 e. The van der Waals surface area contributed by atoms with Crippen molar-refractivity contribution in [1.82, 2.24) is 5.32 Å². The molecular weight excluding hydrogens is 236 g/mol. The van der Waals surface area contributed by atoms with Gasteiger partial charge in [0.2, 0.25) is 5.91 Å². The lowest BCUT2D eigenvalue weighted by Gasteiger charge is -2.30. The number of nitrogens with one attached hydrogen (secondary N) is 1. The van der Waals surface area contributed by atoms with Gasteiger partial charge in [-0.15, -0.1) is 0 Å². The first-order valence-electron chi connectivity index (χ1n) is 7.29. The highest BCUT2D eigenvalue weighted by atomic mass is 16.1. The van der Waals surface area contributed by atoms with Crippen LogP contribution in [0.5, 0.6) is 0 Å². The summed E-state index contributed by atoms with van der Waals surface area (Å²) >= 11 is 0. The molecule has 0 radical (unpaired) electrons. The highest BCUT2D eigenvalue weighted by Gasteiger charge is 2.35. The van der Waals surface area contributed by atoms with Crippen LogP contribution in [-0.4, -0.2) is 19.0 Å². The van der Waals surface area contributed by atoms with Crippen LogP contribution in [-0.2, 0) is 10.2 Å². The Morgan fingerprint density at radius 3 is 2.53 bits per heavy atom. The molecular formula is C16H24N2O. The van der Waals surface area contributed by atoms with Gasteiger partial charge >= 0.3 is 0 Å². The first-order chi connectivity index (χ1) is 9.27. The lowest BCUT2D eigenvalue weighted by molar-refractivity contribution is -0.121. The SMILES string of the molecule is NCCCC(=O)NCC1(c2ccccc2)CCCC1. The van der Waals surface area contributed by atoms with Crippen LogP contribution >= 0.6 is 0 Å². The van der Waals surface area contributed by atoms with E-state index < -0.39 is 0 Å². The van der Waals surface area contributed by atoms with Gasteiger partial charge in [0.25, 0.3) is 0 Å². The zero-order valence-corrected chi connectivity index (χ0v) is 11.5. The van der Waals surface area contributed by atoms with Crippen LogP contribution < -0.4 is 11.1 Å². The summed E-state index contributed by atoms with van der Waals surface area (Å²) in [7, 11) is 0. The van der Waals surface area contributed by atoms with Crippen LogP contribution in [0.3, 0.4) is 0 Å². The fourth-order valence-corrected chi connectivity index (χ4v) is 3.03. The third-order valence-electron chi connectivity index (χ3n) is 4.18. The Morgan fingerprint density at radius 2 is 1.89 bits per heavy atom. The highest BCUT2D eigenvalue weighted by molar-refractivity contribution is 5.76. The van der Waals surface area contributed by atoms with Crippen molar-refractivity contribution in [2.75, 3.05) is 13.1 Å². The Kier molecular flexibility index (Phi) is 4.97. The minimum absolute atomic E-state index is 0.132. The van der Waals surface area contributed by atoms with Crippen molar-refractivity contribution in [2.45, 2.75) is 43.9 Å². The second-order valence-corrected chi connectivity index (χ2v) is 5.52. The van der Waals surface area contributed by atoms with E-state index in [9.17, 15) is 4.79 Å². The van der Waals surface area contributed by atoms with Gasteiger partial charge in [0.1, 0.15) is 0 Å². The van der Waals surface area contributed by atoms with E-state index in [0.717, 1.165) is 13.0 Å². The van der Waals surface area contributed by atoms with Crippen molar-refractivity contribution >= 4 is 5.91 Å². The predicted octanol–water partition coefficient (Wildman–Crippen LogP) is 2.35. The molecule has 1 fully saturated rings. The molecule has 1 aliphatic rings. The number of nitrogens with two attached hydrogens (primary N) is 1. The number of hydrogen-bond donors (Lipinski definition) is 2. The number of carbonyl (C=O) groups is 1. The van der Waals surface area contributed by atoms with E-state index in [1.807, 2.05) is 6.07 Å². The fourth-order valence-electron chi connectivity index (χ4n) is 3.03. The average Bonchev–Trinajstić information content (AvgIpc) is 2.94. The smallest absolute Gasteiger partial charge is 0.220 e. The molecule has 3 N–H and O–H groups in total. The highest BCUT2D eigenvalue weighted by Crippen LogP contribution is 2.40. The molecule has 1 aromatic carbocycles. The predicted molar refractivity (Wildman–Crippen MR) is 77.9 cm³/mol. The maximum atomic E-state index is 11.8. The lowest BCUT2D eigenvalue weighted by atomic mass is 9.79. The first kappa shape index (κ1) is 14.1. The van der Waals surface area contributed by atoms with Gasteiger partial charge in [0.05, 0.1) is 0 Å². The van der Waals surface area contributed by atoms with Gasteiger partial charge in [-0.3, -0.25) is 4.79 Å². The molecule has 0 bridgehead atoms. The third kappa shape index (κ3) is 3.57. The van der Waals surface area contributed by atoms with Crippen LogP contribution in [0.15, 0.2) is 30.3 Å². The molecule has 1 saturated carbocycles. The molecule has 0 saturated heterocycles. The van der Waals surface area contributed by atoms with E-state index in [2.05, 4.69) is 29.6 Å². The van der Waals surface area contributed by atoms with Crippen LogP contribution in [0.1, 0.15) is 44.1 Å².